The maximum absolute atomic E-state index is 14.2. The molecule has 2 aromatic rings. The van der Waals surface area contributed by atoms with Crippen molar-refractivity contribution in [1.82, 2.24) is 9.62 Å². The van der Waals surface area contributed by atoms with E-state index in [1.165, 1.54) is 25.1 Å². The summed E-state index contributed by atoms with van der Waals surface area (Å²) in [4.78, 5) is 17.5. The van der Waals surface area contributed by atoms with E-state index in [2.05, 4.69) is 10.5 Å². The van der Waals surface area contributed by atoms with Crippen molar-refractivity contribution < 1.29 is 44.4 Å². The van der Waals surface area contributed by atoms with E-state index in [1.807, 2.05) is 0 Å². The Morgan fingerprint density at radius 2 is 1.79 bits per heavy atom. The Morgan fingerprint density at radius 1 is 1.18 bits per heavy atom. The molecule has 206 valence electrons. The van der Waals surface area contributed by atoms with Crippen molar-refractivity contribution in [2.45, 2.75) is 36.9 Å². The summed E-state index contributed by atoms with van der Waals surface area (Å²) in [5.41, 5.74) is -2.96. The van der Waals surface area contributed by atoms with Crippen LogP contribution in [0.15, 0.2) is 35.5 Å². The van der Waals surface area contributed by atoms with Gasteiger partial charge in [0, 0.05) is 30.6 Å². The second-order valence-electron chi connectivity index (χ2n) is 8.71. The molecule has 1 amide bonds. The first kappa shape index (κ1) is 28.5. The van der Waals surface area contributed by atoms with Crippen molar-refractivity contribution in [2.24, 2.45) is 5.16 Å². The summed E-state index contributed by atoms with van der Waals surface area (Å²) >= 11 is 11.4. The molecule has 2 aliphatic heterocycles. The number of hydrogen-bond acceptors (Lipinski definition) is 5. The number of aryl methyl sites for hydroxylation is 1. The number of nitrogens with zero attached hydrogens (tertiary/aromatic N) is 2. The summed E-state index contributed by atoms with van der Waals surface area (Å²) in [7, 11) is -4.73. The van der Waals surface area contributed by atoms with Crippen LogP contribution in [0.2, 0.25) is 10.0 Å². The average molecular weight is 604 g/mol. The fraction of sp³-hybridized carbons (Fsp3) is 0.364. The van der Waals surface area contributed by atoms with Crippen LogP contribution < -0.4 is 5.32 Å². The second kappa shape index (κ2) is 9.88. The number of oxime groups is 1. The summed E-state index contributed by atoms with van der Waals surface area (Å²) in [5.74, 6) is -5.27. The first-order valence-corrected chi connectivity index (χ1v) is 13.0. The molecule has 1 fully saturated rings. The summed E-state index contributed by atoms with van der Waals surface area (Å²) in [6, 6.07) is 4.92. The highest BCUT2D eigenvalue weighted by atomic mass is 35.5. The van der Waals surface area contributed by atoms with Crippen LogP contribution in [0.3, 0.4) is 0 Å². The molecule has 2 heterocycles. The molecule has 0 aromatic heterocycles. The maximum Gasteiger partial charge on any atom is 0.435 e. The number of carbonyl (C=O) groups is 1. The van der Waals surface area contributed by atoms with Crippen molar-refractivity contribution in [3.05, 3.63) is 68.4 Å². The van der Waals surface area contributed by atoms with Crippen molar-refractivity contribution in [1.29, 1.82) is 0 Å². The third kappa shape index (κ3) is 4.94. The number of rotatable bonds is 6. The molecule has 1 N–H and O–H groups in total. The van der Waals surface area contributed by atoms with Gasteiger partial charge in [-0.05, 0) is 42.3 Å². The van der Waals surface area contributed by atoms with E-state index in [1.54, 1.807) is 0 Å². The molecule has 0 saturated carbocycles. The predicted octanol–water partition coefficient (Wildman–Crippen LogP) is 4.99. The Kier molecular flexibility index (Phi) is 7.40. The number of sulfonamides is 1. The highest BCUT2D eigenvalue weighted by Crippen LogP contribution is 2.50. The van der Waals surface area contributed by atoms with Gasteiger partial charge in [0.1, 0.15) is 0 Å². The van der Waals surface area contributed by atoms with Crippen molar-refractivity contribution in [3.8, 4) is 0 Å². The SMILES string of the molecule is Cc1cc(C2=NO[C@@](c3cc(Cl)c(F)c(Cl)c3)(C(F)(F)F)C2)ccc1C(=O)NC1CN(S(=O)(=O)C(F)F)C1. The largest absolute Gasteiger partial charge is 0.435 e. The number of amides is 1. The minimum atomic E-state index is -4.99. The quantitative estimate of drug-likeness (QED) is 0.372. The minimum Gasteiger partial charge on any atom is -0.374 e. The molecule has 1 atom stereocenters. The van der Waals surface area contributed by atoms with Crippen LogP contribution >= 0.6 is 23.2 Å². The Morgan fingerprint density at radius 3 is 2.32 bits per heavy atom. The number of hydrogen-bond donors (Lipinski definition) is 1. The van der Waals surface area contributed by atoms with Crippen molar-refractivity contribution in [2.75, 3.05) is 13.1 Å². The van der Waals surface area contributed by atoms with Crippen LogP contribution in [0, 0.1) is 12.7 Å². The third-order valence-corrected chi connectivity index (χ3v) is 8.23. The van der Waals surface area contributed by atoms with Crippen LogP contribution in [0.1, 0.15) is 33.5 Å². The molecule has 16 heteroatoms. The summed E-state index contributed by atoms with van der Waals surface area (Å²) < 4.78 is 105. The Labute approximate surface area is 222 Å². The predicted molar refractivity (Wildman–Crippen MR) is 125 cm³/mol. The van der Waals surface area contributed by atoms with E-state index < -0.39 is 67.4 Å². The van der Waals surface area contributed by atoms with E-state index in [0.29, 0.717) is 9.87 Å². The normalized spacial score (nSPS) is 20.7. The van der Waals surface area contributed by atoms with Crippen molar-refractivity contribution in [3.63, 3.8) is 0 Å². The molecule has 2 aromatic carbocycles. The van der Waals surface area contributed by atoms with Gasteiger partial charge in [0.2, 0.25) is 0 Å². The average Bonchev–Trinajstić information content (AvgIpc) is 3.26. The lowest BCUT2D eigenvalue weighted by atomic mass is 9.86. The van der Waals surface area contributed by atoms with Crippen LogP contribution in [0.5, 0.6) is 0 Å². The third-order valence-electron chi connectivity index (χ3n) is 6.21. The number of nitrogens with one attached hydrogen (secondary N) is 1. The van der Waals surface area contributed by atoms with Gasteiger partial charge in [0.15, 0.2) is 5.82 Å². The van der Waals surface area contributed by atoms with Gasteiger partial charge in [0.25, 0.3) is 21.5 Å². The number of alkyl halides is 5. The zero-order chi connectivity index (χ0) is 28.2. The maximum atomic E-state index is 14.2. The van der Waals surface area contributed by atoms with Gasteiger partial charge in [0.05, 0.1) is 21.8 Å². The first-order chi connectivity index (χ1) is 17.6. The zero-order valence-electron chi connectivity index (χ0n) is 19.1. The Balaban J connectivity index is 1.50. The molecule has 7 nitrogen and oxygen atoms in total. The molecule has 2 aliphatic rings. The lowest BCUT2D eigenvalue weighted by Gasteiger charge is -2.38. The van der Waals surface area contributed by atoms with Gasteiger partial charge >= 0.3 is 11.9 Å². The second-order valence-corrected chi connectivity index (χ2v) is 11.4. The summed E-state index contributed by atoms with van der Waals surface area (Å²) in [6.07, 6.45) is -5.79. The Bertz CT molecular complexity index is 1410. The molecule has 1 saturated heterocycles. The fourth-order valence-corrected chi connectivity index (χ4v) is 5.55. The van der Waals surface area contributed by atoms with Crippen LogP contribution in [0.25, 0.3) is 0 Å². The molecular weight excluding hydrogens is 587 g/mol. The monoisotopic (exact) mass is 603 g/mol. The number of halogens is 8. The van der Waals surface area contributed by atoms with E-state index in [0.717, 1.165) is 12.1 Å². The van der Waals surface area contributed by atoms with Crippen LogP contribution in [-0.4, -0.2) is 55.4 Å². The summed E-state index contributed by atoms with van der Waals surface area (Å²) in [6.45, 7) is 0.876. The van der Waals surface area contributed by atoms with Crippen LogP contribution in [0.4, 0.5) is 26.3 Å². The van der Waals surface area contributed by atoms with E-state index in [-0.39, 0.29) is 29.9 Å². The number of benzene rings is 2. The highest BCUT2D eigenvalue weighted by Gasteiger charge is 2.62. The fourth-order valence-electron chi connectivity index (χ4n) is 4.06. The van der Waals surface area contributed by atoms with Gasteiger partial charge in [-0.2, -0.15) is 26.3 Å². The molecule has 0 spiro atoms. The molecule has 38 heavy (non-hydrogen) atoms. The summed E-state index contributed by atoms with van der Waals surface area (Å²) in [5, 5.41) is 4.88. The van der Waals surface area contributed by atoms with E-state index >= 15 is 0 Å². The molecule has 0 bridgehead atoms. The van der Waals surface area contributed by atoms with Gasteiger partial charge in [-0.3, -0.25) is 4.79 Å². The van der Waals surface area contributed by atoms with Gasteiger partial charge < -0.3 is 10.2 Å². The van der Waals surface area contributed by atoms with Crippen molar-refractivity contribution >= 4 is 44.8 Å². The van der Waals surface area contributed by atoms with Gasteiger partial charge in [-0.15, -0.1) is 0 Å². The lowest BCUT2D eigenvalue weighted by Crippen LogP contribution is -2.61. The first-order valence-electron chi connectivity index (χ1n) is 10.7. The molecular formula is C22H17Cl2F6N3O4S. The highest BCUT2D eigenvalue weighted by molar-refractivity contribution is 7.89. The zero-order valence-corrected chi connectivity index (χ0v) is 21.5. The molecule has 0 radical (unpaired) electrons. The topological polar surface area (TPSA) is 88.1 Å². The van der Waals surface area contributed by atoms with E-state index in [9.17, 15) is 39.6 Å². The van der Waals surface area contributed by atoms with Gasteiger partial charge in [-0.1, -0.05) is 34.4 Å². The Hall–Kier alpha value is -2.55. The molecule has 0 unspecified atom stereocenters. The van der Waals surface area contributed by atoms with E-state index in [4.69, 9.17) is 28.0 Å². The van der Waals surface area contributed by atoms with Crippen LogP contribution in [-0.2, 0) is 20.5 Å². The number of carbonyl (C=O) groups excluding carboxylic acids is 1. The van der Waals surface area contributed by atoms with Gasteiger partial charge in [-0.25, -0.2) is 12.8 Å². The molecule has 4 rings (SSSR count). The lowest BCUT2D eigenvalue weighted by molar-refractivity contribution is -0.275. The smallest absolute Gasteiger partial charge is 0.374 e. The standard InChI is InChI=1S/C22H17Cl2F6N3O4S/c1-10-4-11(2-3-14(10)19(34)31-13-8-33(9-13)38(35,36)20(26)27)17-7-21(37-32-17,22(28,29)30)12-5-15(23)18(25)16(24)6-12/h2-6,13,20H,7-9H2,1H3,(H,31,34)/t21-/m0/s1. The molecule has 0 aliphatic carbocycles. The minimum absolute atomic E-state index is 0.110.